The van der Waals surface area contributed by atoms with E-state index >= 15 is 0 Å². The van der Waals surface area contributed by atoms with Gasteiger partial charge in [0.05, 0.1) is 5.51 Å². The normalized spacial score (nSPS) is 10.1. The Morgan fingerprint density at radius 3 is 3.00 bits per heavy atom. The van der Waals surface area contributed by atoms with Crippen LogP contribution in [0.2, 0.25) is 0 Å². The number of hydrogen-bond acceptors (Lipinski definition) is 4. The van der Waals surface area contributed by atoms with Crippen LogP contribution < -0.4 is 10.9 Å². The van der Waals surface area contributed by atoms with Crippen molar-refractivity contribution >= 4 is 22.9 Å². The Balaban J connectivity index is 2.19. The predicted molar refractivity (Wildman–Crippen MR) is 61.8 cm³/mol. The minimum atomic E-state index is -0.311. The lowest BCUT2D eigenvalue weighted by Crippen LogP contribution is -2.18. The van der Waals surface area contributed by atoms with E-state index in [1.807, 2.05) is 0 Å². The molecule has 0 aromatic carbocycles. The minimum Gasteiger partial charge on any atom is -0.320 e. The zero-order valence-corrected chi connectivity index (χ0v) is 9.32. The molecule has 0 spiro atoms. The van der Waals surface area contributed by atoms with E-state index in [1.54, 1.807) is 30.2 Å². The fraction of sp³-hybridized carbons (Fsp3) is 0.100. The minimum absolute atomic E-state index is 0.170. The lowest BCUT2D eigenvalue weighted by atomic mass is 10.3. The molecule has 5 nitrogen and oxygen atoms in total. The van der Waals surface area contributed by atoms with Crippen LogP contribution in [-0.4, -0.2) is 15.5 Å². The van der Waals surface area contributed by atoms with Gasteiger partial charge in [-0.05, 0) is 6.07 Å². The molecule has 1 N–H and O–H groups in total. The number of thiazole rings is 1. The average Bonchev–Trinajstić information content (AvgIpc) is 2.77. The van der Waals surface area contributed by atoms with E-state index in [1.165, 1.54) is 22.0 Å². The smallest absolute Gasteiger partial charge is 0.275 e. The quantitative estimate of drug-likeness (QED) is 0.847. The third kappa shape index (κ3) is 2.17. The summed E-state index contributed by atoms with van der Waals surface area (Å²) in [6.07, 6.45) is 1.60. The van der Waals surface area contributed by atoms with E-state index in [4.69, 9.17) is 0 Å². The number of carbonyl (C=O) groups excluding carboxylic acids is 1. The van der Waals surface area contributed by atoms with Crippen molar-refractivity contribution in [2.75, 3.05) is 5.32 Å². The Bertz CT molecular complexity index is 560. The van der Waals surface area contributed by atoms with E-state index in [2.05, 4.69) is 10.3 Å². The van der Waals surface area contributed by atoms with Crippen LogP contribution >= 0.6 is 11.3 Å². The van der Waals surface area contributed by atoms with Crippen LogP contribution in [0.4, 0.5) is 5.69 Å². The van der Waals surface area contributed by atoms with Gasteiger partial charge in [0.2, 0.25) is 0 Å². The van der Waals surface area contributed by atoms with Gasteiger partial charge in [0.25, 0.3) is 11.5 Å². The molecule has 0 aliphatic heterocycles. The number of nitrogens with one attached hydrogen (secondary N) is 1. The fourth-order valence-corrected chi connectivity index (χ4v) is 1.68. The first-order valence-electron chi connectivity index (χ1n) is 4.53. The van der Waals surface area contributed by atoms with Crippen molar-refractivity contribution < 1.29 is 4.79 Å². The largest absolute Gasteiger partial charge is 0.320 e. The van der Waals surface area contributed by atoms with Gasteiger partial charge in [-0.2, -0.15) is 0 Å². The maximum atomic E-state index is 11.6. The molecule has 82 valence electrons. The SMILES string of the molecule is Cn1ccc(NC(=O)c2cscn2)cc1=O. The monoisotopic (exact) mass is 235 g/mol. The lowest BCUT2D eigenvalue weighted by Gasteiger charge is -2.03. The molecule has 2 aromatic rings. The van der Waals surface area contributed by atoms with Gasteiger partial charge in [0.1, 0.15) is 5.69 Å². The molecular formula is C10H9N3O2S. The van der Waals surface area contributed by atoms with Crippen molar-refractivity contribution in [3.63, 3.8) is 0 Å². The molecule has 0 saturated carbocycles. The number of aromatic nitrogens is 2. The van der Waals surface area contributed by atoms with E-state index in [0.717, 1.165) is 0 Å². The third-order valence-electron chi connectivity index (χ3n) is 2.03. The second-order valence-electron chi connectivity index (χ2n) is 3.19. The summed E-state index contributed by atoms with van der Waals surface area (Å²) in [4.78, 5) is 26.8. The Morgan fingerprint density at radius 1 is 1.56 bits per heavy atom. The summed E-state index contributed by atoms with van der Waals surface area (Å²) in [6.45, 7) is 0. The summed E-state index contributed by atoms with van der Waals surface area (Å²) in [5, 5.41) is 4.25. The van der Waals surface area contributed by atoms with E-state index in [9.17, 15) is 9.59 Å². The average molecular weight is 235 g/mol. The fourth-order valence-electron chi connectivity index (χ4n) is 1.15. The summed E-state index contributed by atoms with van der Waals surface area (Å²) in [5.74, 6) is -0.311. The zero-order valence-electron chi connectivity index (χ0n) is 8.51. The van der Waals surface area contributed by atoms with Gasteiger partial charge in [-0.25, -0.2) is 4.98 Å². The molecule has 0 fully saturated rings. The summed E-state index contributed by atoms with van der Waals surface area (Å²) in [5.41, 5.74) is 2.24. The van der Waals surface area contributed by atoms with Crippen molar-refractivity contribution in [1.29, 1.82) is 0 Å². The highest BCUT2D eigenvalue weighted by Crippen LogP contribution is 2.06. The molecule has 0 atom stereocenters. The topological polar surface area (TPSA) is 64.0 Å². The van der Waals surface area contributed by atoms with Crippen LogP contribution in [0.15, 0.2) is 34.0 Å². The first kappa shape index (κ1) is 10.6. The number of aryl methyl sites for hydroxylation is 1. The predicted octanol–water partition coefficient (Wildman–Crippen LogP) is 1.09. The van der Waals surface area contributed by atoms with Crippen molar-refractivity contribution in [3.05, 3.63) is 45.3 Å². The maximum absolute atomic E-state index is 11.6. The van der Waals surface area contributed by atoms with Crippen LogP contribution in [-0.2, 0) is 7.05 Å². The van der Waals surface area contributed by atoms with Crippen molar-refractivity contribution in [2.24, 2.45) is 7.05 Å². The second-order valence-corrected chi connectivity index (χ2v) is 3.91. The zero-order chi connectivity index (χ0) is 11.5. The van der Waals surface area contributed by atoms with E-state index in [-0.39, 0.29) is 11.5 Å². The Kier molecular flexibility index (Phi) is 2.82. The Morgan fingerprint density at radius 2 is 2.38 bits per heavy atom. The summed E-state index contributed by atoms with van der Waals surface area (Å²) >= 11 is 1.35. The van der Waals surface area contributed by atoms with Crippen LogP contribution in [0.3, 0.4) is 0 Å². The molecule has 0 bridgehead atoms. The van der Waals surface area contributed by atoms with Crippen LogP contribution in [0.1, 0.15) is 10.5 Å². The molecule has 2 heterocycles. The van der Waals surface area contributed by atoms with Gasteiger partial charge < -0.3 is 9.88 Å². The summed E-state index contributed by atoms with van der Waals surface area (Å²) in [7, 11) is 1.65. The molecule has 6 heteroatoms. The Hall–Kier alpha value is -1.95. The highest BCUT2D eigenvalue weighted by atomic mass is 32.1. The molecule has 2 rings (SSSR count). The third-order valence-corrected chi connectivity index (χ3v) is 2.61. The highest BCUT2D eigenvalue weighted by Gasteiger charge is 2.07. The number of nitrogens with zero attached hydrogens (tertiary/aromatic N) is 2. The second kappa shape index (κ2) is 4.28. The standard InChI is InChI=1S/C10H9N3O2S/c1-13-3-2-7(4-9(13)14)12-10(15)8-5-16-6-11-8/h2-6H,1H3,(H,12,15). The molecule has 1 amide bonds. The van der Waals surface area contributed by atoms with Crippen molar-refractivity contribution in [2.45, 2.75) is 0 Å². The first-order valence-corrected chi connectivity index (χ1v) is 5.47. The van der Waals surface area contributed by atoms with Crippen molar-refractivity contribution in [1.82, 2.24) is 9.55 Å². The molecule has 16 heavy (non-hydrogen) atoms. The van der Waals surface area contributed by atoms with Crippen LogP contribution in [0.25, 0.3) is 0 Å². The number of anilines is 1. The molecule has 0 saturated heterocycles. The first-order chi connectivity index (χ1) is 7.66. The van der Waals surface area contributed by atoms with Crippen molar-refractivity contribution in [3.8, 4) is 0 Å². The van der Waals surface area contributed by atoms with Crippen LogP contribution in [0.5, 0.6) is 0 Å². The van der Waals surface area contributed by atoms with Gasteiger partial charge in [0, 0.05) is 30.4 Å². The van der Waals surface area contributed by atoms with Gasteiger partial charge in [-0.3, -0.25) is 9.59 Å². The number of amides is 1. The van der Waals surface area contributed by atoms with E-state index in [0.29, 0.717) is 11.4 Å². The van der Waals surface area contributed by atoms with Gasteiger partial charge in [0.15, 0.2) is 0 Å². The molecule has 0 radical (unpaired) electrons. The number of rotatable bonds is 2. The summed E-state index contributed by atoms with van der Waals surface area (Å²) < 4.78 is 1.43. The Labute approximate surface area is 95.4 Å². The van der Waals surface area contributed by atoms with Gasteiger partial charge in [-0.1, -0.05) is 0 Å². The molecule has 0 unspecified atom stereocenters. The molecular weight excluding hydrogens is 226 g/mol. The maximum Gasteiger partial charge on any atom is 0.275 e. The number of hydrogen-bond donors (Lipinski definition) is 1. The van der Waals surface area contributed by atoms with Gasteiger partial charge in [-0.15, -0.1) is 11.3 Å². The number of pyridine rings is 1. The molecule has 0 aliphatic carbocycles. The lowest BCUT2D eigenvalue weighted by molar-refractivity contribution is 0.102. The van der Waals surface area contributed by atoms with Gasteiger partial charge >= 0.3 is 0 Å². The summed E-state index contributed by atoms with van der Waals surface area (Å²) in [6, 6.07) is 3.02. The molecule has 2 aromatic heterocycles. The molecule has 0 aliphatic rings. The van der Waals surface area contributed by atoms with Crippen LogP contribution in [0, 0.1) is 0 Å². The highest BCUT2D eigenvalue weighted by molar-refractivity contribution is 7.07. The number of carbonyl (C=O) groups is 1. The van der Waals surface area contributed by atoms with E-state index < -0.39 is 0 Å².